The lowest BCUT2D eigenvalue weighted by Gasteiger charge is -2.34. The number of nitrogens with zero attached hydrogens (tertiary/aromatic N) is 3. The van der Waals surface area contributed by atoms with Crippen LogP contribution >= 0.6 is 11.3 Å². The van der Waals surface area contributed by atoms with E-state index in [1.807, 2.05) is 36.3 Å². The minimum atomic E-state index is -0.676. The van der Waals surface area contributed by atoms with E-state index in [1.54, 1.807) is 11.3 Å². The average Bonchev–Trinajstić information content (AvgIpc) is 3.39. The summed E-state index contributed by atoms with van der Waals surface area (Å²) in [5.41, 5.74) is 2.50. The van der Waals surface area contributed by atoms with Crippen LogP contribution in [0, 0.1) is 0 Å². The smallest absolute Gasteiger partial charge is 0.256 e. The fraction of sp³-hybridized carbons (Fsp3) is 0.346. The maximum atomic E-state index is 14.3. The van der Waals surface area contributed by atoms with Crippen molar-refractivity contribution in [2.45, 2.75) is 32.2 Å². The number of benzene rings is 2. The van der Waals surface area contributed by atoms with Crippen LogP contribution in [0.4, 0.5) is 5.69 Å². The Morgan fingerprint density at radius 1 is 0.935 bits per heavy atom. The minimum Gasteiger partial charge on any atom is -0.304 e. The van der Waals surface area contributed by atoms with Gasteiger partial charge in [0.05, 0.1) is 12.2 Å². The zero-order valence-electron chi connectivity index (χ0n) is 18.6. The Bertz CT molecular complexity index is 1000. The van der Waals surface area contributed by atoms with Crippen molar-refractivity contribution in [1.82, 2.24) is 9.91 Å². The molecule has 162 valence electrons. The molecule has 1 atom stereocenters. The molecule has 1 aliphatic heterocycles. The second kappa shape index (κ2) is 9.35. The highest BCUT2D eigenvalue weighted by atomic mass is 32.1. The topological polar surface area (TPSA) is 26.8 Å². The van der Waals surface area contributed by atoms with E-state index < -0.39 is 5.41 Å². The predicted octanol–water partition coefficient (Wildman–Crippen LogP) is 5.16. The molecule has 0 unspecified atom stereocenters. The SMILES string of the molecule is CCN(CC)CC[C@@]1(c2ccccc2)C(=O)N(N(C)Cc2cccs2)c2ccccc21. The Morgan fingerprint density at radius 2 is 1.65 bits per heavy atom. The lowest BCUT2D eigenvalue weighted by Crippen LogP contribution is -2.49. The molecule has 1 aromatic heterocycles. The maximum absolute atomic E-state index is 14.3. The number of thiophene rings is 1. The fourth-order valence-electron chi connectivity index (χ4n) is 4.72. The van der Waals surface area contributed by atoms with Crippen LogP contribution in [-0.2, 0) is 16.8 Å². The molecule has 2 aromatic carbocycles. The van der Waals surface area contributed by atoms with E-state index in [1.165, 1.54) is 4.88 Å². The number of hydrazine groups is 1. The summed E-state index contributed by atoms with van der Waals surface area (Å²) in [6.07, 6.45) is 0.762. The average molecular weight is 434 g/mol. The molecule has 0 fully saturated rings. The molecule has 3 aromatic rings. The van der Waals surface area contributed by atoms with Gasteiger partial charge in [-0.15, -0.1) is 11.3 Å². The first-order chi connectivity index (χ1) is 15.1. The summed E-state index contributed by atoms with van der Waals surface area (Å²) in [5.74, 6) is 0.145. The van der Waals surface area contributed by atoms with Crippen molar-refractivity contribution < 1.29 is 4.79 Å². The summed E-state index contributed by atoms with van der Waals surface area (Å²) in [6, 6.07) is 22.8. The highest BCUT2D eigenvalue weighted by Crippen LogP contribution is 2.49. The van der Waals surface area contributed by atoms with Gasteiger partial charge in [-0.05, 0) is 54.7 Å². The number of para-hydroxylation sites is 1. The minimum absolute atomic E-state index is 0.145. The first kappa shape index (κ1) is 21.8. The van der Waals surface area contributed by atoms with Crippen molar-refractivity contribution in [3.05, 3.63) is 88.1 Å². The molecule has 0 radical (unpaired) electrons. The van der Waals surface area contributed by atoms with Gasteiger partial charge in [0.25, 0.3) is 5.91 Å². The van der Waals surface area contributed by atoms with Crippen LogP contribution in [0.1, 0.15) is 36.3 Å². The number of amides is 1. The zero-order chi connectivity index (χ0) is 21.8. The van der Waals surface area contributed by atoms with E-state index >= 15 is 0 Å². The van der Waals surface area contributed by atoms with Crippen LogP contribution in [-0.4, -0.2) is 42.5 Å². The first-order valence-electron chi connectivity index (χ1n) is 11.1. The van der Waals surface area contributed by atoms with Crippen molar-refractivity contribution in [1.29, 1.82) is 0 Å². The molecule has 0 spiro atoms. The molecule has 31 heavy (non-hydrogen) atoms. The van der Waals surface area contributed by atoms with Crippen LogP contribution in [0.2, 0.25) is 0 Å². The standard InChI is InChI=1S/C26H31N3OS/c1-4-28(5-2)18-17-26(21-12-7-6-8-13-21)23-15-9-10-16-24(23)29(25(26)30)27(3)20-22-14-11-19-31-22/h6-16,19H,4-5,17-18,20H2,1-3H3/t26-/m0/s1. The van der Waals surface area contributed by atoms with E-state index in [-0.39, 0.29) is 5.91 Å². The van der Waals surface area contributed by atoms with Gasteiger partial charge in [0.15, 0.2) is 0 Å². The Balaban J connectivity index is 1.79. The molecule has 0 saturated carbocycles. The molecule has 0 bridgehead atoms. The van der Waals surface area contributed by atoms with Gasteiger partial charge in [0, 0.05) is 11.9 Å². The molecule has 4 nitrogen and oxygen atoms in total. The molecule has 1 aliphatic rings. The lowest BCUT2D eigenvalue weighted by atomic mass is 9.72. The highest BCUT2D eigenvalue weighted by molar-refractivity contribution is 7.09. The van der Waals surface area contributed by atoms with Crippen molar-refractivity contribution in [3.8, 4) is 0 Å². The normalized spacial score (nSPS) is 18.2. The molecular formula is C26H31N3OS. The van der Waals surface area contributed by atoms with Crippen LogP contribution in [0.3, 0.4) is 0 Å². The molecule has 0 N–H and O–H groups in total. The third-order valence-corrected chi connectivity index (χ3v) is 7.28. The number of hydrogen-bond donors (Lipinski definition) is 0. The Labute approximate surface area is 189 Å². The molecule has 0 saturated heterocycles. The van der Waals surface area contributed by atoms with Crippen LogP contribution in [0.5, 0.6) is 0 Å². The number of rotatable bonds is 9. The monoisotopic (exact) mass is 433 g/mol. The largest absolute Gasteiger partial charge is 0.304 e. The first-order valence-corrected chi connectivity index (χ1v) is 11.9. The van der Waals surface area contributed by atoms with Gasteiger partial charge < -0.3 is 4.90 Å². The molecule has 4 rings (SSSR count). The Hall–Kier alpha value is -2.47. The number of hydrogen-bond acceptors (Lipinski definition) is 4. The van der Waals surface area contributed by atoms with Crippen LogP contribution < -0.4 is 5.01 Å². The molecule has 0 aliphatic carbocycles. The molecule has 5 heteroatoms. The highest BCUT2D eigenvalue weighted by Gasteiger charge is 2.52. The van der Waals surface area contributed by atoms with E-state index in [4.69, 9.17) is 0 Å². The van der Waals surface area contributed by atoms with Gasteiger partial charge in [-0.2, -0.15) is 0 Å². The number of carbonyl (C=O) groups is 1. The second-order valence-corrected chi connectivity index (χ2v) is 9.11. The number of fused-ring (bicyclic) bond motifs is 1. The quantitative estimate of drug-likeness (QED) is 0.466. The van der Waals surface area contributed by atoms with E-state index in [0.717, 1.165) is 42.9 Å². The van der Waals surface area contributed by atoms with Crippen molar-refractivity contribution in [2.24, 2.45) is 0 Å². The summed E-state index contributed by atoms with van der Waals surface area (Å²) >= 11 is 1.72. The van der Waals surface area contributed by atoms with Gasteiger partial charge in [-0.25, -0.2) is 10.0 Å². The summed E-state index contributed by atoms with van der Waals surface area (Å²) in [5, 5.41) is 6.06. The van der Waals surface area contributed by atoms with Gasteiger partial charge >= 0.3 is 0 Å². The van der Waals surface area contributed by atoms with E-state index in [9.17, 15) is 4.79 Å². The zero-order valence-corrected chi connectivity index (χ0v) is 19.4. The van der Waals surface area contributed by atoms with Crippen molar-refractivity contribution in [2.75, 3.05) is 31.7 Å². The van der Waals surface area contributed by atoms with Gasteiger partial charge in [-0.3, -0.25) is 4.79 Å². The summed E-state index contributed by atoms with van der Waals surface area (Å²) in [6.45, 7) is 7.93. The van der Waals surface area contributed by atoms with E-state index in [0.29, 0.717) is 6.54 Å². The Kier molecular flexibility index (Phi) is 6.56. The van der Waals surface area contributed by atoms with E-state index in [2.05, 4.69) is 71.6 Å². The lowest BCUT2D eigenvalue weighted by molar-refractivity contribution is -0.125. The van der Waals surface area contributed by atoms with Gasteiger partial charge in [0.2, 0.25) is 0 Å². The fourth-order valence-corrected chi connectivity index (χ4v) is 5.47. The second-order valence-electron chi connectivity index (χ2n) is 8.08. The van der Waals surface area contributed by atoms with Gasteiger partial charge in [0.1, 0.15) is 5.41 Å². The summed E-state index contributed by atoms with van der Waals surface area (Å²) in [4.78, 5) is 18.0. The molecule has 2 heterocycles. The maximum Gasteiger partial charge on any atom is 0.256 e. The molecular weight excluding hydrogens is 402 g/mol. The Morgan fingerprint density at radius 3 is 2.32 bits per heavy atom. The third-order valence-electron chi connectivity index (χ3n) is 6.42. The molecule has 1 amide bonds. The third kappa shape index (κ3) is 3.93. The van der Waals surface area contributed by atoms with Gasteiger partial charge in [-0.1, -0.05) is 68.4 Å². The van der Waals surface area contributed by atoms with Crippen molar-refractivity contribution in [3.63, 3.8) is 0 Å². The van der Waals surface area contributed by atoms with Crippen LogP contribution in [0.15, 0.2) is 72.1 Å². The summed E-state index contributed by atoms with van der Waals surface area (Å²) < 4.78 is 0. The summed E-state index contributed by atoms with van der Waals surface area (Å²) in [7, 11) is 2.01. The predicted molar refractivity (Wildman–Crippen MR) is 129 cm³/mol. The number of anilines is 1. The number of carbonyl (C=O) groups excluding carboxylic acids is 1. The van der Waals surface area contributed by atoms with Crippen LogP contribution in [0.25, 0.3) is 0 Å². The van der Waals surface area contributed by atoms with Crippen molar-refractivity contribution >= 4 is 22.9 Å².